The fraction of sp³-hybridized carbons (Fsp3) is 0.933. The van der Waals surface area contributed by atoms with Gasteiger partial charge in [0.1, 0.15) is 0 Å². The van der Waals surface area contributed by atoms with E-state index in [1.54, 1.807) is 0 Å². The van der Waals surface area contributed by atoms with E-state index in [2.05, 4.69) is 15.5 Å². The molecule has 0 aromatic carbocycles. The average Bonchev–Trinajstić information content (AvgIpc) is 2.68. The summed E-state index contributed by atoms with van der Waals surface area (Å²) in [5.41, 5.74) is 0. The summed E-state index contributed by atoms with van der Waals surface area (Å²) in [6.45, 7) is 4.92. The molecule has 2 rings (SSSR count). The number of nitrogens with zero attached hydrogens (tertiary/aromatic N) is 1. The monoisotopic (exact) mass is 267 g/mol. The first kappa shape index (κ1) is 14.6. The van der Waals surface area contributed by atoms with Crippen LogP contribution in [0.25, 0.3) is 0 Å². The summed E-state index contributed by atoms with van der Waals surface area (Å²) < 4.78 is 0. The van der Waals surface area contributed by atoms with Crippen molar-refractivity contribution in [3.05, 3.63) is 0 Å². The molecule has 0 radical (unpaired) electrons. The fourth-order valence-corrected chi connectivity index (χ4v) is 3.48. The minimum Gasteiger partial charge on any atom is -0.338 e. The van der Waals surface area contributed by atoms with Crippen LogP contribution in [0.15, 0.2) is 0 Å². The van der Waals surface area contributed by atoms with Crippen LogP contribution in [-0.4, -0.2) is 42.6 Å². The quantitative estimate of drug-likeness (QED) is 0.772. The highest BCUT2D eigenvalue weighted by Crippen LogP contribution is 2.24. The summed E-state index contributed by atoms with van der Waals surface area (Å²) in [5, 5.41) is 5.94. The highest BCUT2D eigenvalue weighted by Gasteiger charge is 2.26. The van der Waals surface area contributed by atoms with Crippen LogP contribution < -0.4 is 10.6 Å². The molecule has 110 valence electrons. The van der Waals surface area contributed by atoms with Gasteiger partial charge >= 0.3 is 6.03 Å². The zero-order chi connectivity index (χ0) is 13.5. The van der Waals surface area contributed by atoms with E-state index >= 15 is 0 Å². The molecular formula is C15H29N3O. The van der Waals surface area contributed by atoms with Crippen molar-refractivity contribution >= 4 is 6.03 Å². The lowest BCUT2D eigenvalue weighted by Crippen LogP contribution is -2.52. The number of carbonyl (C=O) groups is 1. The van der Waals surface area contributed by atoms with Gasteiger partial charge in [-0.25, -0.2) is 4.79 Å². The number of amides is 2. The van der Waals surface area contributed by atoms with Gasteiger partial charge in [0.2, 0.25) is 0 Å². The number of urea groups is 1. The molecule has 2 aliphatic rings. The molecule has 1 atom stereocenters. The van der Waals surface area contributed by atoms with Crippen molar-refractivity contribution < 1.29 is 4.79 Å². The molecule has 1 saturated carbocycles. The zero-order valence-electron chi connectivity index (χ0n) is 12.3. The second-order valence-corrected chi connectivity index (χ2v) is 5.98. The van der Waals surface area contributed by atoms with Gasteiger partial charge in [-0.2, -0.15) is 0 Å². The minimum atomic E-state index is -0.00443. The van der Waals surface area contributed by atoms with E-state index in [4.69, 9.17) is 0 Å². The SMILES string of the molecule is CCNC(=O)N[C@H]1CCCN(C2CCCCCC2)C1. The van der Waals surface area contributed by atoms with Crippen molar-refractivity contribution in [3.63, 3.8) is 0 Å². The van der Waals surface area contributed by atoms with Crippen LogP contribution in [0.5, 0.6) is 0 Å². The van der Waals surface area contributed by atoms with Crippen LogP contribution in [-0.2, 0) is 0 Å². The second-order valence-electron chi connectivity index (χ2n) is 5.98. The highest BCUT2D eigenvalue weighted by molar-refractivity contribution is 5.74. The summed E-state index contributed by atoms with van der Waals surface area (Å²) in [6.07, 6.45) is 10.6. The Kier molecular flexibility index (Phi) is 5.95. The highest BCUT2D eigenvalue weighted by atomic mass is 16.2. The Labute approximate surface area is 117 Å². The number of likely N-dealkylation sites (tertiary alicyclic amines) is 1. The lowest BCUT2D eigenvalue weighted by atomic mass is 10.00. The smallest absolute Gasteiger partial charge is 0.315 e. The maximum absolute atomic E-state index is 11.6. The number of piperidine rings is 1. The van der Waals surface area contributed by atoms with Crippen molar-refractivity contribution in [1.29, 1.82) is 0 Å². The number of nitrogens with one attached hydrogen (secondary N) is 2. The molecule has 0 spiro atoms. The molecule has 1 aliphatic carbocycles. The molecular weight excluding hydrogens is 238 g/mol. The van der Waals surface area contributed by atoms with Gasteiger partial charge in [-0.15, -0.1) is 0 Å². The summed E-state index contributed by atoms with van der Waals surface area (Å²) in [5.74, 6) is 0. The fourth-order valence-electron chi connectivity index (χ4n) is 3.48. The molecule has 2 fully saturated rings. The van der Waals surface area contributed by atoms with Crippen molar-refractivity contribution in [2.75, 3.05) is 19.6 Å². The third kappa shape index (κ3) is 4.68. The number of hydrogen-bond acceptors (Lipinski definition) is 2. The van der Waals surface area contributed by atoms with Crippen molar-refractivity contribution in [1.82, 2.24) is 15.5 Å². The molecule has 0 unspecified atom stereocenters. The first-order valence-corrected chi connectivity index (χ1v) is 8.08. The first-order valence-electron chi connectivity index (χ1n) is 8.08. The lowest BCUT2D eigenvalue weighted by molar-refractivity contribution is 0.127. The largest absolute Gasteiger partial charge is 0.338 e. The zero-order valence-corrected chi connectivity index (χ0v) is 12.3. The van der Waals surface area contributed by atoms with Crippen LogP contribution in [0.1, 0.15) is 58.3 Å². The normalized spacial score (nSPS) is 26.7. The van der Waals surface area contributed by atoms with Gasteiger partial charge < -0.3 is 10.6 Å². The van der Waals surface area contributed by atoms with Crippen LogP contribution in [0.3, 0.4) is 0 Å². The molecule has 2 N–H and O–H groups in total. The molecule has 0 bridgehead atoms. The molecule has 4 nitrogen and oxygen atoms in total. The summed E-state index contributed by atoms with van der Waals surface area (Å²) in [7, 11) is 0. The predicted molar refractivity (Wildman–Crippen MR) is 78.3 cm³/mol. The molecule has 0 aromatic rings. The third-order valence-corrected chi connectivity index (χ3v) is 4.47. The van der Waals surface area contributed by atoms with E-state index in [-0.39, 0.29) is 6.03 Å². The van der Waals surface area contributed by atoms with E-state index in [0.717, 1.165) is 19.0 Å². The third-order valence-electron chi connectivity index (χ3n) is 4.47. The van der Waals surface area contributed by atoms with E-state index < -0.39 is 0 Å². The van der Waals surface area contributed by atoms with Crippen LogP contribution in [0.2, 0.25) is 0 Å². The summed E-state index contributed by atoms with van der Waals surface area (Å²) in [6, 6.07) is 1.10. The predicted octanol–water partition coefficient (Wildman–Crippen LogP) is 2.49. The minimum absolute atomic E-state index is 0.00443. The van der Waals surface area contributed by atoms with Gasteiger partial charge in [0.25, 0.3) is 0 Å². The molecule has 4 heteroatoms. The van der Waals surface area contributed by atoms with E-state index in [9.17, 15) is 4.79 Å². The molecule has 1 heterocycles. The number of carbonyl (C=O) groups excluding carboxylic acids is 1. The second kappa shape index (κ2) is 7.73. The Balaban J connectivity index is 1.80. The van der Waals surface area contributed by atoms with Crippen molar-refractivity contribution in [3.8, 4) is 0 Å². The molecule has 1 saturated heterocycles. The standard InChI is InChI=1S/C15H29N3O/c1-2-16-15(19)17-13-8-7-11-18(12-13)14-9-5-3-4-6-10-14/h13-14H,2-12H2,1H3,(H2,16,17,19)/t13-/m0/s1. The Morgan fingerprint density at radius 3 is 2.53 bits per heavy atom. The Morgan fingerprint density at radius 1 is 1.11 bits per heavy atom. The summed E-state index contributed by atoms with van der Waals surface area (Å²) in [4.78, 5) is 14.2. The van der Waals surface area contributed by atoms with E-state index in [1.165, 1.54) is 51.5 Å². The Hall–Kier alpha value is -0.770. The Morgan fingerprint density at radius 2 is 1.84 bits per heavy atom. The topological polar surface area (TPSA) is 44.4 Å². The van der Waals surface area contributed by atoms with Gasteiger partial charge in [-0.1, -0.05) is 25.7 Å². The van der Waals surface area contributed by atoms with Gasteiger partial charge in [-0.05, 0) is 39.2 Å². The molecule has 19 heavy (non-hydrogen) atoms. The number of rotatable bonds is 3. The van der Waals surface area contributed by atoms with Gasteiger partial charge in [0.15, 0.2) is 0 Å². The van der Waals surface area contributed by atoms with Crippen molar-refractivity contribution in [2.45, 2.75) is 70.4 Å². The van der Waals surface area contributed by atoms with Gasteiger partial charge in [0, 0.05) is 25.2 Å². The van der Waals surface area contributed by atoms with Gasteiger partial charge in [-0.3, -0.25) is 4.90 Å². The van der Waals surface area contributed by atoms with Gasteiger partial charge in [0.05, 0.1) is 0 Å². The van der Waals surface area contributed by atoms with E-state index in [1.807, 2.05) is 6.92 Å². The maximum atomic E-state index is 11.6. The number of hydrogen-bond donors (Lipinski definition) is 2. The lowest BCUT2D eigenvalue weighted by Gasteiger charge is -2.38. The first-order chi connectivity index (χ1) is 9.29. The average molecular weight is 267 g/mol. The van der Waals surface area contributed by atoms with Crippen LogP contribution in [0, 0.1) is 0 Å². The maximum Gasteiger partial charge on any atom is 0.315 e. The van der Waals surface area contributed by atoms with Crippen LogP contribution >= 0.6 is 0 Å². The van der Waals surface area contributed by atoms with Crippen molar-refractivity contribution in [2.24, 2.45) is 0 Å². The molecule has 1 aliphatic heterocycles. The molecule has 0 aromatic heterocycles. The Bertz CT molecular complexity index is 275. The molecule has 2 amide bonds. The van der Waals surface area contributed by atoms with E-state index in [0.29, 0.717) is 12.6 Å². The summed E-state index contributed by atoms with van der Waals surface area (Å²) >= 11 is 0. The van der Waals surface area contributed by atoms with Crippen LogP contribution in [0.4, 0.5) is 4.79 Å².